The number of nitrogens with zero attached hydrogens (tertiary/aromatic N) is 1. The SMILES string of the molecule is CN(CCCC(=O)O)C(=O)C(C)(C)c1cccc(Br)c1. The smallest absolute Gasteiger partial charge is 0.303 e. The van der Waals surface area contributed by atoms with E-state index in [0.29, 0.717) is 13.0 Å². The van der Waals surface area contributed by atoms with E-state index in [-0.39, 0.29) is 12.3 Å². The van der Waals surface area contributed by atoms with E-state index in [1.807, 2.05) is 38.1 Å². The van der Waals surface area contributed by atoms with Crippen molar-refractivity contribution in [3.63, 3.8) is 0 Å². The van der Waals surface area contributed by atoms with Gasteiger partial charge in [-0.05, 0) is 38.0 Å². The predicted octanol–water partition coefficient (Wildman–Crippen LogP) is 3.05. The molecule has 1 N–H and O–H groups in total. The summed E-state index contributed by atoms with van der Waals surface area (Å²) in [4.78, 5) is 24.6. The highest BCUT2D eigenvalue weighted by molar-refractivity contribution is 9.10. The van der Waals surface area contributed by atoms with Gasteiger partial charge in [-0.25, -0.2) is 0 Å². The summed E-state index contributed by atoms with van der Waals surface area (Å²) >= 11 is 3.41. The van der Waals surface area contributed by atoms with Crippen LogP contribution in [-0.2, 0) is 15.0 Å². The lowest BCUT2D eigenvalue weighted by molar-refractivity contribution is -0.139. The van der Waals surface area contributed by atoms with Crippen molar-refractivity contribution in [2.24, 2.45) is 0 Å². The van der Waals surface area contributed by atoms with Crippen LogP contribution in [0, 0.1) is 0 Å². The fraction of sp³-hybridized carbons (Fsp3) is 0.467. The first-order valence-electron chi connectivity index (χ1n) is 6.48. The lowest BCUT2D eigenvalue weighted by Crippen LogP contribution is -2.41. The molecule has 0 atom stereocenters. The average Bonchev–Trinajstić information content (AvgIpc) is 2.37. The number of hydrogen-bond acceptors (Lipinski definition) is 2. The molecule has 110 valence electrons. The van der Waals surface area contributed by atoms with Crippen molar-refractivity contribution < 1.29 is 14.7 Å². The lowest BCUT2D eigenvalue weighted by atomic mass is 9.83. The minimum Gasteiger partial charge on any atom is -0.481 e. The molecule has 0 aromatic heterocycles. The molecular weight excluding hydrogens is 322 g/mol. The minimum absolute atomic E-state index is 0.0130. The van der Waals surface area contributed by atoms with Crippen LogP contribution in [0.25, 0.3) is 0 Å². The van der Waals surface area contributed by atoms with E-state index in [9.17, 15) is 9.59 Å². The molecule has 0 unspecified atom stereocenters. The Bertz CT molecular complexity index is 500. The number of carbonyl (C=O) groups excluding carboxylic acids is 1. The molecule has 1 aromatic carbocycles. The molecule has 4 nitrogen and oxygen atoms in total. The molecule has 0 aliphatic rings. The summed E-state index contributed by atoms with van der Waals surface area (Å²) in [5.41, 5.74) is 0.295. The van der Waals surface area contributed by atoms with E-state index in [4.69, 9.17) is 5.11 Å². The highest BCUT2D eigenvalue weighted by Crippen LogP contribution is 2.27. The van der Waals surface area contributed by atoms with Crippen molar-refractivity contribution in [1.29, 1.82) is 0 Å². The van der Waals surface area contributed by atoms with E-state index >= 15 is 0 Å². The number of likely N-dealkylation sites (N-methyl/N-ethyl adjacent to an activating group) is 1. The third-order valence-electron chi connectivity index (χ3n) is 3.31. The van der Waals surface area contributed by atoms with Gasteiger partial charge in [0.2, 0.25) is 5.91 Å². The molecule has 0 saturated heterocycles. The first-order chi connectivity index (χ1) is 9.25. The second kappa shape index (κ2) is 6.88. The van der Waals surface area contributed by atoms with Gasteiger partial charge in [0.25, 0.3) is 0 Å². The highest BCUT2D eigenvalue weighted by atomic mass is 79.9. The Labute approximate surface area is 127 Å². The number of carboxylic acids is 1. The zero-order chi connectivity index (χ0) is 15.3. The van der Waals surface area contributed by atoms with E-state index in [1.165, 1.54) is 0 Å². The molecule has 0 radical (unpaired) electrons. The number of carbonyl (C=O) groups is 2. The second-order valence-electron chi connectivity index (χ2n) is 5.36. The number of benzene rings is 1. The fourth-order valence-electron chi connectivity index (χ4n) is 2.05. The molecule has 0 fully saturated rings. The molecular formula is C15H20BrNO3. The van der Waals surface area contributed by atoms with Gasteiger partial charge in [-0.2, -0.15) is 0 Å². The van der Waals surface area contributed by atoms with Crippen molar-refractivity contribution in [2.45, 2.75) is 32.1 Å². The van der Waals surface area contributed by atoms with E-state index < -0.39 is 11.4 Å². The van der Waals surface area contributed by atoms with Gasteiger partial charge >= 0.3 is 5.97 Å². The standard InChI is InChI=1S/C15H20BrNO3/c1-15(2,11-6-4-7-12(16)10-11)14(20)17(3)9-5-8-13(18)19/h4,6-7,10H,5,8-9H2,1-3H3,(H,18,19). The zero-order valence-corrected chi connectivity index (χ0v) is 13.6. The summed E-state index contributed by atoms with van der Waals surface area (Å²) in [6, 6.07) is 7.68. The maximum absolute atomic E-state index is 12.5. The number of aliphatic carboxylic acids is 1. The number of amides is 1. The van der Waals surface area contributed by atoms with Crippen molar-refractivity contribution in [2.75, 3.05) is 13.6 Å². The van der Waals surface area contributed by atoms with Crippen LogP contribution in [-0.4, -0.2) is 35.5 Å². The van der Waals surface area contributed by atoms with Crippen LogP contribution in [0.2, 0.25) is 0 Å². The van der Waals surface area contributed by atoms with Crippen LogP contribution >= 0.6 is 15.9 Å². The Morgan fingerprint density at radius 1 is 1.35 bits per heavy atom. The molecule has 0 aliphatic heterocycles. The maximum atomic E-state index is 12.5. The molecule has 1 amide bonds. The molecule has 1 aromatic rings. The van der Waals surface area contributed by atoms with Gasteiger partial charge in [-0.15, -0.1) is 0 Å². The van der Waals surface area contributed by atoms with Gasteiger partial charge in [-0.3, -0.25) is 9.59 Å². The van der Waals surface area contributed by atoms with Crippen LogP contribution in [0.15, 0.2) is 28.7 Å². The Kier molecular flexibility index (Phi) is 5.74. The Balaban J connectivity index is 2.76. The summed E-state index contributed by atoms with van der Waals surface area (Å²) in [7, 11) is 1.71. The Hall–Kier alpha value is -1.36. The largest absolute Gasteiger partial charge is 0.481 e. The number of rotatable bonds is 6. The second-order valence-corrected chi connectivity index (χ2v) is 6.28. The van der Waals surface area contributed by atoms with Crippen molar-refractivity contribution in [3.05, 3.63) is 34.3 Å². The number of halogens is 1. The zero-order valence-electron chi connectivity index (χ0n) is 12.0. The normalized spacial score (nSPS) is 11.2. The molecule has 0 bridgehead atoms. The average molecular weight is 342 g/mol. The van der Waals surface area contributed by atoms with Gasteiger partial charge in [0.05, 0.1) is 5.41 Å². The number of carboxylic acid groups (broad SMARTS) is 1. The first kappa shape index (κ1) is 16.7. The van der Waals surface area contributed by atoms with Crippen LogP contribution in [0.5, 0.6) is 0 Å². The Morgan fingerprint density at radius 2 is 2.00 bits per heavy atom. The van der Waals surface area contributed by atoms with Gasteiger partial charge in [0.15, 0.2) is 0 Å². The molecule has 0 spiro atoms. The van der Waals surface area contributed by atoms with Gasteiger partial charge in [-0.1, -0.05) is 28.1 Å². The third-order valence-corrected chi connectivity index (χ3v) is 3.81. The Morgan fingerprint density at radius 3 is 2.55 bits per heavy atom. The van der Waals surface area contributed by atoms with E-state index in [0.717, 1.165) is 10.0 Å². The van der Waals surface area contributed by atoms with Gasteiger partial charge in [0.1, 0.15) is 0 Å². The van der Waals surface area contributed by atoms with Crippen LogP contribution in [0.4, 0.5) is 0 Å². The van der Waals surface area contributed by atoms with Crippen LogP contribution < -0.4 is 0 Å². The summed E-state index contributed by atoms with van der Waals surface area (Å²) in [5.74, 6) is -0.849. The third kappa shape index (κ3) is 4.34. The predicted molar refractivity (Wildman–Crippen MR) is 81.7 cm³/mol. The number of hydrogen-bond donors (Lipinski definition) is 1. The lowest BCUT2D eigenvalue weighted by Gasteiger charge is -2.30. The summed E-state index contributed by atoms with van der Waals surface area (Å²) in [6.45, 7) is 4.21. The van der Waals surface area contributed by atoms with E-state index in [1.54, 1.807) is 11.9 Å². The molecule has 20 heavy (non-hydrogen) atoms. The topological polar surface area (TPSA) is 57.6 Å². The van der Waals surface area contributed by atoms with Crippen molar-refractivity contribution in [1.82, 2.24) is 4.90 Å². The van der Waals surface area contributed by atoms with Crippen molar-refractivity contribution >= 4 is 27.8 Å². The minimum atomic E-state index is -0.836. The summed E-state index contributed by atoms with van der Waals surface area (Å²) in [6.07, 6.45) is 0.543. The summed E-state index contributed by atoms with van der Waals surface area (Å²) < 4.78 is 0.935. The first-order valence-corrected chi connectivity index (χ1v) is 7.28. The maximum Gasteiger partial charge on any atom is 0.303 e. The molecule has 0 aliphatic carbocycles. The quantitative estimate of drug-likeness (QED) is 0.864. The molecule has 1 rings (SSSR count). The van der Waals surface area contributed by atoms with Gasteiger partial charge < -0.3 is 10.0 Å². The molecule has 5 heteroatoms. The van der Waals surface area contributed by atoms with Crippen LogP contribution in [0.1, 0.15) is 32.3 Å². The highest BCUT2D eigenvalue weighted by Gasteiger charge is 2.32. The molecule has 0 heterocycles. The monoisotopic (exact) mass is 341 g/mol. The van der Waals surface area contributed by atoms with E-state index in [2.05, 4.69) is 15.9 Å². The van der Waals surface area contributed by atoms with Crippen molar-refractivity contribution in [3.8, 4) is 0 Å². The van der Waals surface area contributed by atoms with Crippen LogP contribution in [0.3, 0.4) is 0 Å². The van der Waals surface area contributed by atoms with Gasteiger partial charge in [0, 0.05) is 24.5 Å². The molecule has 0 saturated carbocycles. The fourth-order valence-corrected chi connectivity index (χ4v) is 2.45. The summed E-state index contributed by atoms with van der Waals surface area (Å²) in [5, 5.41) is 8.62.